The van der Waals surface area contributed by atoms with E-state index in [1.54, 1.807) is 0 Å². The minimum Gasteiger partial charge on any atom is -0.256 e. The van der Waals surface area contributed by atoms with Crippen LogP contribution in [0.3, 0.4) is 0 Å². The van der Waals surface area contributed by atoms with E-state index in [0.29, 0.717) is 0 Å². The Morgan fingerprint density at radius 3 is 1.42 bits per heavy atom. The van der Waals surface area contributed by atoms with E-state index in [0.717, 1.165) is 30.3 Å². The third-order valence-corrected chi connectivity index (χ3v) is 10.0. The van der Waals surface area contributed by atoms with Gasteiger partial charge in [-0.2, -0.15) is 0 Å². The number of rotatable bonds is 14. The fraction of sp³-hybridized carbons (Fsp3) is 0.164. The second-order valence-corrected chi connectivity index (χ2v) is 15.7. The Hall–Kier alpha value is -7.23. The van der Waals surface area contributed by atoms with E-state index >= 15 is 0 Å². The van der Waals surface area contributed by atoms with E-state index in [1.807, 2.05) is 0 Å². The van der Waals surface area contributed by atoms with Gasteiger partial charge in [0.2, 0.25) is 0 Å². The van der Waals surface area contributed by atoms with E-state index in [9.17, 15) is 16.4 Å². The standard InChI is InChI=1S/C61H55N3/c1-60(2,54-30-32-57(63-42-54)48-20-11-6-12-21-48)39-45-34-44(35-46(36-45)40-61(3,4)55-31-33-58(64-43-55)49-22-13-7-14-23-49)28-29-53-41-62-59(50-24-15-8-16-25-50)38-56(53)52-27-17-26-51(37-52)47-18-9-5-10-19-47/h5-27,30-38,41-43H,28-29,39-40H2,1-4H3/i5D,6D,7D,8D,9D,10D,11D,12D,13D,14D,15D,16D,17D,18D,19D,20D,22D,24D,26D,27D,28D2,29D2,30D,31D,32D,33D,37D,38D,41D,42D,43D. The Kier molecular flexibility index (Phi) is 5.38. The largest absolute Gasteiger partial charge is 0.256 e. The molecule has 9 aromatic rings. The summed E-state index contributed by atoms with van der Waals surface area (Å²) in [5.41, 5.74) is -11.9. The lowest BCUT2D eigenvalue weighted by atomic mass is 9.77. The SMILES string of the molecule is [2H]c1cc(-c2nc([2H])c(C(C)(C)Cc3cc(CC(C)(C)c4c([2H])nc(-c5cc([2H])c([2H])c([2H])c5[2H])c([2H])c4[2H])cc(C([2H])([2H])C([2H])([2H])c4c([2H])nc(-c5cc([2H])c([2H])c([2H])c5[2H])c([2H])c4-c4c([2H])c([2H])c([2H])c(-c5c([2H])c([2H])c([2H])c([2H])c5[2H])c4[2H])c3)c([2H])c2[2H])c([2H])c([2H])c1[2H]. The molecule has 0 aliphatic carbocycles. The zero-order valence-electron chi connectivity index (χ0n) is 67.7. The number of hydrogen-bond acceptors (Lipinski definition) is 3. The molecule has 0 bridgehead atoms. The van der Waals surface area contributed by atoms with Gasteiger partial charge >= 0.3 is 0 Å². The lowest BCUT2D eigenvalue weighted by Crippen LogP contribution is -2.23. The third kappa shape index (κ3) is 9.85. The van der Waals surface area contributed by atoms with Gasteiger partial charge in [0, 0.05) is 40.7 Å². The minimum atomic E-state index is -3.82. The summed E-state index contributed by atoms with van der Waals surface area (Å²) in [5, 5.41) is 0. The maximum absolute atomic E-state index is 10.1. The predicted molar refractivity (Wildman–Crippen MR) is 267 cm³/mol. The molecule has 3 heterocycles. The van der Waals surface area contributed by atoms with Crippen molar-refractivity contribution in [2.75, 3.05) is 0 Å². The summed E-state index contributed by atoms with van der Waals surface area (Å²) in [6, 6.07) is -14.3. The molecule has 0 fully saturated rings. The molecule has 0 radical (unpaired) electrons. The first kappa shape index (κ1) is 18.5. The topological polar surface area (TPSA) is 38.7 Å². The molecule has 3 nitrogen and oxygen atoms in total. The Morgan fingerprint density at radius 1 is 0.406 bits per heavy atom. The summed E-state index contributed by atoms with van der Waals surface area (Å²) in [7, 11) is 0. The molecule has 0 aliphatic heterocycles. The molecule has 314 valence electrons. The van der Waals surface area contributed by atoms with Crippen molar-refractivity contribution in [2.24, 2.45) is 0 Å². The molecule has 0 aliphatic rings. The van der Waals surface area contributed by atoms with Gasteiger partial charge in [0.15, 0.2) is 0 Å². The van der Waals surface area contributed by atoms with Gasteiger partial charge in [0.1, 0.15) is 0 Å². The summed E-state index contributed by atoms with van der Waals surface area (Å²) < 4.78 is 295. The van der Waals surface area contributed by atoms with E-state index < -0.39 is 255 Å². The van der Waals surface area contributed by atoms with Crippen LogP contribution in [0.2, 0.25) is 0 Å². The molecule has 6 aromatic carbocycles. The second-order valence-electron chi connectivity index (χ2n) is 15.7. The summed E-state index contributed by atoms with van der Waals surface area (Å²) >= 11 is 0. The fourth-order valence-electron chi connectivity index (χ4n) is 6.82. The smallest absolute Gasteiger partial charge is 0.0843 e. The first-order valence-corrected chi connectivity index (χ1v) is 19.7. The van der Waals surface area contributed by atoms with Crippen LogP contribution in [0.25, 0.3) is 56.0 Å². The number of hydrogen-bond donors (Lipinski definition) is 0. The van der Waals surface area contributed by atoms with Crippen LogP contribution in [0.5, 0.6) is 0 Å². The van der Waals surface area contributed by atoms with Gasteiger partial charge < -0.3 is 0 Å². The quantitative estimate of drug-likeness (QED) is 0.109. The molecule has 3 aromatic heterocycles. The van der Waals surface area contributed by atoms with Crippen LogP contribution >= 0.6 is 0 Å². The van der Waals surface area contributed by atoms with Gasteiger partial charge in [-0.05, 0) is 116 Å². The zero-order chi connectivity index (χ0) is 72.8. The van der Waals surface area contributed by atoms with Crippen LogP contribution in [0.15, 0.2) is 212 Å². The van der Waals surface area contributed by atoms with Gasteiger partial charge in [-0.25, -0.2) is 0 Å². The first-order valence-electron chi connectivity index (χ1n) is 36.2. The minimum absolute atomic E-state index is 0.0684. The molecule has 0 amide bonds. The molecular weight excluding hydrogens is 775 g/mol. The third-order valence-electron chi connectivity index (χ3n) is 10.0. The Morgan fingerprint density at radius 2 is 0.859 bits per heavy atom. The van der Waals surface area contributed by atoms with E-state index in [4.69, 9.17) is 28.8 Å². The van der Waals surface area contributed by atoms with Crippen molar-refractivity contribution < 1.29 is 45.2 Å². The number of pyridine rings is 3. The van der Waals surface area contributed by atoms with Gasteiger partial charge in [-0.1, -0.05) is 197 Å². The van der Waals surface area contributed by atoms with Crippen molar-refractivity contribution in [1.82, 2.24) is 15.0 Å². The number of aryl methyl sites for hydroxylation is 1. The summed E-state index contributed by atoms with van der Waals surface area (Å²) in [4.78, 5) is 12.7. The maximum atomic E-state index is 10.1. The molecule has 64 heavy (non-hydrogen) atoms. The fourth-order valence-corrected chi connectivity index (χ4v) is 6.82. The molecule has 0 N–H and O–H groups in total. The second kappa shape index (κ2) is 18.6. The van der Waals surface area contributed by atoms with Gasteiger partial charge in [0.25, 0.3) is 0 Å². The Labute approximate surface area is 426 Å². The van der Waals surface area contributed by atoms with Crippen molar-refractivity contribution in [3.63, 3.8) is 0 Å². The van der Waals surface area contributed by atoms with E-state index in [2.05, 4.69) is 15.0 Å². The molecule has 0 spiro atoms. The van der Waals surface area contributed by atoms with Crippen molar-refractivity contribution in [1.29, 1.82) is 0 Å². The highest BCUT2D eigenvalue weighted by molar-refractivity contribution is 5.77. The molecule has 0 atom stereocenters. The highest BCUT2D eigenvalue weighted by atomic mass is 14.7. The van der Waals surface area contributed by atoms with Crippen LogP contribution in [-0.4, -0.2) is 15.0 Å². The zero-order valence-corrected chi connectivity index (χ0v) is 34.7. The van der Waals surface area contributed by atoms with Gasteiger partial charge in [0.05, 0.1) is 56.8 Å². The first-order chi connectivity index (χ1) is 44.7. The maximum Gasteiger partial charge on any atom is 0.0843 e. The van der Waals surface area contributed by atoms with Crippen molar-refractivity contribution >= 4 is 0 Å². The highest BCUT2D eigenvalue weighted by Crippen LogP contribution is 2.35. The molecular formula is C61H55N3. The van der Waals surface area contributed by atoms with E-state index in [-0.39, 0.29) is 46.2 Å². The van der Waals surface area contributed by atoms with Crippen LogP contribution in [-0.2, 0) is 36.4 Å². The lowest BCUT2D eigenvalue weighted by Gasteiger charge is -2.28. The van der Waals surface area contributed by atoms with Gasteiger partial charge in [-0.3, -0.25) is 15.0 Å². The number of benzene rings is 6. The Balaban J connectivity index is 1.32. The van der Waals surface area contributed by atoms with Crippen molar-refractivity contribution in [3.05, 3.63) is 245 Å². The molecule has 0 unspecified atom stereocenters. The predicted octanol–water partition coefficient (Wildman–Crippen LogP) is 15.0. The van der Waals surface area contributed by atoms with Crippen molar-refractivity contribution in [3.8, 4) is 56.0 Å². The monoisotopic (exact) mass is 863 g/mol. The van der Waals surface area contributed by atoms with Crippen molar-refractivity contribution in [2.45, 2.75) is 64.1 Å². The van der Waals surface area contributed by atoms with Crippen LogP contribution in [0, 0.1) is 0 Å². The molecule has 0 saturated heterocycles. The van der Waals surface area contributed by atoms with Gasteiger partial charge in [-0.15, -0.1) is 0 Å². The molecule has 0 saturated carbocycles. The number of nitrogens with zero attached hydrogens (tertiary/aromatic N) is 3. The average molecular weight is 863 g/mol. The van der Waals surface area contributed by atoms with Crippen LogP contribution < -0.4 is 0 Å². The number of aromatic nitrogens is 3. The van der Waals surface area contributed by atoms with Crippen LogP contribution in [0.1, 0.15) is 106 Å². The summed E-state index contributed by atoms with van der Waals surface area (Å²) in [6.07, 6.45) is -10.6. The van der Waals surface area contributed by atoms with Crippen LogP contribution in [0.4, 0.5) is 0 Å². The van der Waals surface area contributed by atoms with E-state index in [1.165, 1.54) is 33.8 Å². The highest BCUT2D eigenvalue weighted by Gasteiger charge is 2.25. The molecule has 9 rings (SSSR count). The Bertz CT molecular complexity index is 4700. The summed E-state index contributed by atoms with van der Waals surface area (Å²) in [6.45, 7) is 6.11. The normalized spacial score (nSPS) is 19.4. The molecule has 3 heteroatoms. The lowest BCUT2D eigenvalue weighted by molar-refractivity contribution is 0.512. The summed E-state index contributed by atoms with van der Waals surface area (Å²) in [5.74, 6) is 0. The average Bonchev–Trinajstić information content (AvgIpc) is 0.714.